The normalized spacial score (nSPS) is 15.4. The van der Waals surface area contributed by atoms with Crippen molar-refractivity contribution in [1.29, 1.82) is 0 Å². The molecule has 0 radical (unpaired) electrons. The monoisotopic (exact) mass is 406 g/mol. The smallest absolute Gasteiger partial charge is 0.243 e. The van der Waals surface area contributed by atoms with E-state index in [4.69, 9.17) is 4.74 Å². The molecular weight excluding hydrogens is 383 g/mol. The quantitative estimate of drug-likeness (QED) is 0.800. The number of benzene rings is 2. The molecule has 1 saturated heterocycles. The highest BCUT2D eigenvalue weighted by Gasteiger charge is 2.28. The minimum Gasteiger partial charge on any atom is -0.379 e. The van der Waals surface area contributed by atoms with Crippen molar-refractivity contribution in [2.24, 2.45) is 0 Å². The van der Waals surface area contributed by atoms with Crippen molar-refractivity contribution in [1.82, 2.24) is 4.31 Å². The fourth-order valence-corrected chi connectivity index (χ4v) is 4.67. The van der Waals surface area contributed by atoms with Crippen LogP contribution in [0.4, 0.5) is 10.1 Å². The van der Waals surface area contributed by atoms with E-state index in [1.54, 1.807) is 31.2 Å². The molecule has 2 aromatic carbocycles. The third-order valence-electron chi connectivity index (χ3n) is 4.61. The summed E-state index contributed by atoms with van der Waals surface area (Å²) < 4.78 is 45.4. The maximum Gasteiger partial charge on any atom is 0.243 e. The number of nitrogens with zero attached hydrogens (tertiary/aromatic N) is 1. The molecule has 0 unspecified atom stereocenters. The first-order chi connectivity index (χ1) is 13.4. The second kappa shape index (κ2) is 8.81. The Hall–Kier alpha value is -2.29. The maximum absolute atomic E-state index is 12.9. The summed E-state index contributed by atoms with van der Waals surface area (Å²) in [5.74, 6) is -0.551. The molecule has 6 nitrogen and oxygen atoms in total. The van der Waals surface area contributed by atoms with Gasteiger partial charge in [-0.15, -0.1) is 0 Å². The van der Waals surface area contributed by atoms with Gasteiger partial charge in [0.2, 0.25) is 15.9 Å². The molecule has 0 saturated carbocycles. The molecule has 150 valence electrons. The lowest BCUT2D eigenvalue weighted by Crippen LogP contribution is -2.40. The number of rotatable bonds is 6. The third kappa shape index (κ3) is 4.95. The van der Waals surface area contributed by atoms with Gasteiger partial charge in [-0.25, -0.2) is 12.8 Å². The Balaban J connectivity index is 1.68. The number of carbonyl (C=O) groups is 1. The zero-order valence-corrected chi connectivity index (χ0v) is 16.5. The zero-order chi connectivity index (χ0) is 20.1. The molecule has 0 atom stereocenters. The van der Waals surface area contributed by atoms with E-state index in [-0.39, 0.29) is 23.0 Å². The minimum absolute atomic E-state index is 0.186. The van der Waals surface area contributed by atoms with Gasteiger partial charge >= 0.3 is 0 Å². The number of anilines is 1. The molecule has 1 heterocycles. The minimum atomic E-state index is -3.64. The van der Waals surface area contributed by atoms with Crippen molar-refractivity contribution in [2.75, 3.05) is 31.6 Å². The van der Waals surface area contributed by atoms with Crippen LogP contribution in [-0.2, 0) is 26.0 Å². The van der Waals surface area contributed by atoms with Crippen LogP contribution >= 0.6 is 0 Å². The van der Waals surface area contributed by atoms with Crippen molar-refractivity contribution in [3.8, 4) is 0 Å². The molecule has 3 rings (SSSR count). The van der Waals surface area contributed by atoms with Gasteiger partial charge in [0.15, 0.2) is 0 Å². The number of morpholine rings is 1. The van der Waals surface area contributed by atoms with Crippen LogP contribution in [-0.4, -0.2) is 44.9 Å². The van der Waals surface area contributed by atoms with E-state index >= 15 is 0 Å². The lowest BCUT2D eigenvalue weighted by molar-refractivity contribution is -0.116. The summed E-state index contributed by atoms with van der Waals surface area (Å²) in [6.07, 6.45) is 0.683. The molecule has 0 aliphatic carbocycles. The van der Waals surface area contributed by atoms with Crippen LogP contribution in [0.2, 0.25) is 0 Å². The highest BCUT2D eigenvalue weighted by atomic mass is 32.2. The first kappa shape index (κ1) is 20.4. The van der Waals surface area contributed by atoms with Gasteiger partial charge < -0.3 is 10.1 Å². The predicted octanol–water partition coefficient (Wildman–Crippen LogP) is 2.73. The van der Waals surface area contributed by atoms with Gasteiger partial charge in [-0.2, -0.15) is 4.31 Å². The Morgan fingerprint density at radius 3 is 2.50 bits per heavy atom. The molecule has 0 bridgehead atoms. The van der Waals surface area contributed by atoms with Crippen molar-refractivity contribution < 1.29 is 22.3 Å². The Labute approximate surface area is 164 Å². The number of aryl methyl sites for hydroxylation is 2. The van der Waals surface area contributed by atoms with Crippen LogP contribution in [0.25, 0.3) is 0 Å². The number of hydrogen-bond acceptors (Lipinski definition) is 4. The summed E-state index contributed by atoms with van der Waals surface area (Å²) >= 11 is 0. The fourth-order valence-electron chi connectivity index (χ4n) is 3.01. The van der Waals surface area contributed by atoms with Crippen LogP contribution in [0.5, 0.6) is 0 Å². The largest absolute Gasteiger partial charge is 0.379 e. The molecule has 1 N–H and O–H groups in total. The lowest BCUT2D eigenvalue weighted by Gasteiger charge is -2.26. The molecule has 0 aromatic heterocycles. The molecule has 0 spiro atoms. The second-order valence-electron chi connectivity index (χ2n) is 6.67. The van der Waals surface area contributed by atoms with E-state index in [9.17, 15) is 17.6 Å². The number of hydrogen-bond donors (Lipinski definition) is 1. The van der Waals surface area contributed by atoms with Gasteiger partial charge in [0.25, 0.3) is 0 Å². The first-order valence-electron chi connectivity index (χ1n) is 9.09. The summed E-state index contributed by atoms with van der Waals surface area (Å²) in [7, 11) is -3.64. The van der Waals surface area contributed by atoms with E-state index in [1.165, 1.54) is 22.5 Å². The maximum atomic E-state index is 12.9. The van der Waals surface area contributed by atoms with Crippen LogP contribution < -0.4 is 5.32 Å². The number of ether oxygens (including phenoxy) is 1. The van der Waals surface area contributed by atoms with Crippen molar-refractivity contribution >= 4 is 21.6 Å². The molecule has 8 heteroatoms. The number of halogens is 1. The van der Waals surface area contributed by atoms with Crippen LogP contribution in [0.1, 0.15) is 17.5 Å². The Kier molecular flexibility index (Phi) is 6.43. The van der Waals surface area contributed by atoms with Gasteiger partial charge in [-0.1, -0.05) is 18.2 Å². The number of sulfonamides is 1. The van der Waals surface area contributed by atoms with Crippen LogP contribution in [0, 0.1) is 12.7 Å². The molecule has 1 fully saturated rings. The highest BCUT2D eigenvalue weighted by Crippen LogP contribution is 2.24. The summed E-state index contributed by atoms with van der Waals surface area (Å²) in [4.78, 5) is 12.4. The van der Waals surface area contributed by atoms with Gasteiger partial charge in [-0.3, -0.25) is 4.79 Å². The fraction of sp³-hybridized carbons (Fsp3) is 0.350. The standard InChI is InChI=1S/C20H23FN2O4S/c1-15-2-8-18(14-19(15)28(25,26)23-10-12-27-13-11-23)22-20(24)9-5-16-3-6-17(21)7-4-16/h2-4,6-8,14H,5,9-13H2,1H3,(H,22,24). The number of amides is 1. The van der Waals surface area contributed by atoms with E-state index in [1.807, 2.05) is 0 Å². The molecule has 1 aliphatic rings. The van der Waals surface area contributed by atoms with E-state index in [0.29, 0.717) is 44.0 Å². The van der Waals surface area contributed by atoms with Gasteiger partial charge in [0.05, 0.1) is 18.1 Å². The summed E-state index contributed by atoms with van der Waals surface area (Å²) in [6, 6.07) is 10.9. The predicted molar refractivity (Wildman–Crippen MR) is 104 cm³/mol. The van der Waals surface area contributed by atoms with Crippen molar-refractivity contribution in [3.63, 3.8) is 0 Å². The summed E-state index contributed by atoms with van der Waals surface area (Å²) in [5, 5.41) is 2.75. The van der Waals surface area contributed by atoms with Gasteiger partial charge in [0, 0.05) is 25.2 Å². The molecule has 28 heavy (non-hydrogen) atoms. The number of carbonyl (C=O) groups excluding carboxylic acids is 1. The van der Waals surface area contributed by atoms with Crippen molar-refractivity contribution in [3.05, 3.63) is 59.4 Å². The van der Waals surface area contributed by atoms with E-state index < -0.39 is 10.0 Å². The third-order valence-corrected chi connectivity index (χ3v) is 6.65. The van der Waals surface area contributed by atoms with E-state index in [0.717, 1.165) is 5.56 Å². The van der Waals surface area contributed by atoms with Gasteiger partial charge in [0.1, 0.15) is 5.82 Å². The van der Waals surface area contributed by atoms with Crippen LogP contribution in [0.15, 0.2) is 47.4 Å². The summed E-state index contributed by atoms with van der Waals surface area (Å²) in [5.41, 5.74) is 1.91. The molecule has 1 aliphatic heterocycles. The van der Waals surface area contributed by atoms with Crippen molar-refractivity contribution in [2.45, 2.75) is 24.7 Å². The van der Waals surface area contributed by atoms with E-state index in [2.05, 4.69) is 5.32 Å². The zero-order valence-electron chi connectivity index (χ0n) is 15.7. The molecule has 1 amide bonds. The average Bonchev–Trinajstić information content (AvgIpc) is 2.69. The second-order valence-corrected chi connectivity index (χ2v) is 8.58. The Morgan fingerprint density at radius 1 is 1.14 bits per heavy atom. The summed E-state index contributed by atoms with van der Waals surface area (Å²) in [6.45, 7) is 3.11. The first-order valence-corrected chi connectivity index (χ1v) is 10.5. The highest BCUT2D eigenvalue weighted by molar-refractivity contribution is 7.89. The average molecular weight is 406 g/mol. The topological polar surface area (TPSA) is 75.7 Å². The Morgan fingerprint density at radius 2 is 1.82 bits per heavy atom. The Bertz CT molecular complexity index is 939. The molecular formula is C20H23FN2O4S. The van der Waals surface area contributed by atoms with Crippen LogP contribution in [0.3, 0.4) is 0 Å². The number of nitrogens with one attached hydrogen (secondary N) is 1. The van der Waals surface area contributed by atoms with Gasteiger partial charge in [-0.05, 0) is 48.7 Å². The lowest BCUT2D eigenvalue weighted by atomic mass is 10.1. The SMILES string of the molecule is Cc1ccc(NC(=O)CCc2ccc(F)cc2)cc1S(=O)(=O)N1CCOCC1. The molecule has 2 aromatic rings.